The Hall–Kier alpha value is -2.76. The summed E-state index contributed by atoms with van der Waals surface area (Å²) in [6.45, 7) is 21.1. The summed E-state index contributed by atoms with van der Waals surface area (Å²) in [5.41, 5.74) is 3.04. The molecule has 0 N–H and O–H groups in total. The highest BCUT2D eigenvalue weighted by Gasteiger charge is 2.32. The number of carbonyl (C=O) groups excluding carboxylic acids is 2. The maximum Gasteiger partial charge on any atom is 0.314 e. The van der Waals surface area contributed by atoms with Crippen molar-refractivity contribution < 1.29 is 28.5 Å². The molecule has 0 heterocycles. The SMILES string of the molecule is C=C(C)[C@@H]1CCC(C)=C[C@H]1c1c(OCOC(=O)C(C)(C)C)cc(CCCCC)cc1OCOC(=O)C(C)(C)C. The number of rotatable bonds is 12. The standard InChI is InChI=1S/C33H50O6/c1-11-12-13-14-24-18-27(36-20-38-30(34)32(5,6)7)29(26-17-23(4)15-16-25(26)22(2)3)28(19-24)37-21-39-31(35)33(8,9)10/h17-19,25-26H,2,11-16,20-21H2,1,3-10H3/t25-,26+/m0/s1. The number of ether oxygens (including phenoxy) is 4. The average molecular weight is 543 g/mol. The van der Waals surface area contributed by atoms with Gasteiger partial charge in [-0.25, -0.2) is 0 Å². The van der Waals surface area contributed by atoms with Crippen molar-refractivity contribution in [3.8, 4) is 11.5 Å². The maximum atomic E-state index is 12.4. The first-order valence-corrected chi connectivity index (χ1v) is 14.2. The molecule has 0 aromatic heterocycles. The van der Waals surface area contributed by atoms with Crippen molar-refractivity contribution >= 4 is 11.9 Å². The molecule has 0 spiro atoms. The second-order valence-corrected chi connectivity index (χ2v) is 12.9. The second kappa shape index (κ2) is 14.0. The fourth-order valence-electron chi connectivity index (χ4n) is 4.58. The monoisotopic (exact) mass is 542 g/mol. The van der Waals surface area contributed by atoms with Crippen LogP contribution in [0, 0.1) is 16.7 Å². The normalized spacial score (nSPS) is 17.7. The van der Waals surface area contributed by atoms with Crippen LogP contribution in [0.1, 0.15) is 111 Å². The lowest BCUT2D eigenvalue weighted by Crippen LogP contribution is -2.26. The van der Waals surface area contributed by atoms with Crippen molar-refractivity contribution in [1.29, 1.82) is 0 Å². The first-order valence-electron chi connectivity index (χ1n) is 14.2. The van der Waals surface area contributed by atoms with E-state index in [1.807, 2.05) is 53.7 Å². The number of allylic oxidation sites excluding steroid dienone is 3. The molecule has 1 aromatic rings. The van der Waals surface area contributed by atoms with E-state index in [9.17, 15) is 9.59 Å². The molecule has 0 saturated heterocycles. The van der Waals surface area contributed by atoms with E-state index in [-0.39, 0.29) is 37.4 Å². The summed E-state index contributed by atoms with van der Waals surface area (Å²) in [5, 5.41) is 0. The van der Waals surface area contributed by atoms with E-state index in [0.717, 1.165) is 55.2 Å². The molecule has 0 bridgehead atoms. The Labute approximate surface area is 236 Å². The summed E-state index contributed by atoms with van der Waals surface area (Å²) in [7, 11) is 0. The van der Waals surface area contributed by atoms with Gasteiger partial charge < -0.3 is 18.9 Å². The average Bonchev–Trinajstić information content (AvgIpc) is 2.82. The van der Waals surface area contributed by atoms with Gasteiger partial charge in [0.1, 0.15) is 11.5 Å². The third kappa shape index (κ3) is 9.74. The van der Waals surface area contributed by atoms with E-state index in [1.165, 1.54) is 5.57 Å². The van der Waals surface area contributed by atoms with E-state index >= 15 is 0 Å². The summed E-state index contributed by atoms with van der Waals surface area (Å²) in [5.74, 6) is 0.722. The third-order valence-corrected chi connectivity index (χ3v) is 6.98. The molecular formula is C33H50O6. The fourth-order valence-corrected chi connectivity index (χ4v) is 4.58. The molecular weight excluding hydrogens is 492 g/mol. The summed E-state index contributed by atoms with van der Waals surface area (Å²) in [6, 6.07) is 4.08. The molecule has 0 aliphatic heterocycles. The Balaban J connectivity index is 2.55. The Bertz CT molecular complexity index is 984. The van der Waals surface area contributed by atoms with Crippen LogP contribution in [0.25, 0.3) is 0 Å². The molecule has 0 amide bonds. The molecule has 0 unspecified atom stereocenters. The van der Waals surface area contributed by atoms with Crippen LogP contribution < -0.4 is 9.47 Å². The number of esters is 2. The van der Waals surface area contributed by atoms with E-state index in [0.29, 0.717) is 11.5 Å². The first-order chi connectivity index (χ1) is 18.1. The van der Waals surface area contributed by atoms with Crippen LogP contribution in [0.15, 0.2) is 35.9 Å². The lowest BCUT2D eigenvalue weighted by molar-refractivity contribution is -0.160. The van der Waals surface area contributed by atoms with Crippen LogP contribution in [0.5, 0.6) is 11.5 Å². The first kappa shape index (κ1) is 32.5. The topological polar surface area (TPSA) is 71.1 Å². The summed E-state index contributed by atoms with van der Waals surface area (Å²) >= 11 is 0. The molecule has 0 fully saturated rings. The van der Waals surface area contributed by atoms with Gasteiger partial charge in [-0.2, -0.15) is 0 Å². The molecule has 6 heteroatoms. The van der Waals surface area contributed by atoms with Crippen LogP contribution in [0.4, 0.5) is 0 Å². The van der Waals surface area contributed by atoms with Gasteiger partial charge in [0.15, 0.2) is 0 Å². The zero-order valence-corrected chi connectivity index (χ0v) is 25.7. The van der Waals surface area contributed by atoms with E-state index < -0.39 is 10.8 Å². The minimum Gasteiger partial charge on any atom is -0.457 e. The van der Waals surface area contributed by atoms with Gasteiger partial charge in [-0.15, -0.1) is 0 Å². The minimum atomic E-state index is -0.631. The number of benzene rings is 1. The van der Waals surface area contributed by atoms with Crippen molar-refractivity contribution in [2.75, 3.05) is 13.6 Å². The van der Waals surface area contributed by atoms with Crippen molar-refractivity contribution in [2.24, 2.45) is 16.7 Å². The quantitative estimate of drug-likeness (QED) is 0.115. The fraction of sp³-hybridized carbons (Fsp3) is 0.636. The molecule has 0 radical (unpaired) electrons. The maximum absolute atomic E-state index is 12.4. The van der Waals surface area contributed by atoms with Crippen LogP contribution in [-0.4, -0.2) is 25.5 Å². The Morgan fingerprint density at radius 3 is 1.87 bits per heavy atom. The third-order valence-electron chi connectivity index (χ3n) is 6.98. The van der Waals surface area contributed by atoms with Gasteiger partial charge in [0, 0.05) is 11.5 Å². The molecule has 39 heavy (non-hydrogen) atoms. The lowest BCUT2D eigenvalue weighted by Gasteiger charge is -2.33. The van der Waals surface area contributed by atoms with E-state index in [2.05, 4.69) is 33.4 Å². The molecule has 218 valence electrons. The van der Waals surface area contributed by atoms with Crippen LogP contribution >= 0.6 is 0 Å². The lowest BCUT2D eigenvalue weighted by atomic mass is 9.73. The van der Waals surface area contributed by atoms with Gasteiger partial charge in [0.2, 0.25) is 13.6 Å². The van der Waals surface area contributed by atoms with Crippen LogP contribution in [-0.2, 0) is 25.5 Å². The molecule has 6 nitrogen and oxygen atoms in total. The van der Waals surface area contributed by atoms with Gasteiger partial charge in [-0.05, 0) is 105 Å². The van der Waals surface area contributed by atoms with Crippen molar-refractivity contribution in [3.63, 3.8) is 0 Å². The van der Waals surface area contributed by atoms with Crippen molar-refractivity contribution in [3.05, 3.63) is 47.1 Å². The minimum absolute atomic E-state index is 0.0393. The van der Waals surface area contributed by atoms with E-state index in [4.69, 9.17) is 18.9 Å². The highest BCUT2D eigenvalue weighted by molar-refractivity contribution is 5.75. The number of carbonyl (C=O) groups is 2. The van der Waals surface area contributed by atoms with Gasteiger partial charge in [-0.1, -0.05) is 43.6 Å². The Morgan fingerprint density at radius 2 is 1.44 bits per heavy atom. The molecule has 0 saturated carbocycles. The van der Waals surface area contributed by atoms with Crippen molar-refractivity contribution in [1.82, 2.24) is 0 Å². The van der Waals surface area contributed by atoms with Gasteiger partial charge >= 0.3 is 11.9 Å². The molecule has 1 aromatic carbocycles. The molecule has 2 atom stereocenters. The molecule has 1 aliphatic rings. The zero-order valence-electron chi connectivity index (χ0n) is 25.7. The Morgan fingerprint density at radius 1 is 0.923 bits per heavy atom. The number of unbranched alkanes of at least 4 members (excludes halogenated alkanes) is 2. The largest absolute Gasteiger partial charge is 0.457 e. The highest BCUT2D eigenvalue weighted by Crippen LogP contribution is 2.47. The highest BCUT2D eigenvalue weighted by atomic mass is 16.7. The van der Waals surface area contributed by atoms with Crippen LogP contribution in [0.3, 0.4) is 0 Å². The van der Waals surface area contributed by atoms with Gasteiger partial charge in [0.05, 0.1) is 10.8 Å². The number of aryl methyl sites for hydroxylation is 1. The summed E-state index contributed by atoms with van der Waals surface area (Å²) in [6.07, 6.45) is 8.35. The predicted octanol–water partition coefficient (Wildman–Crippen LogP) is 8.29. The van der Waals surface area contributed by atoms with Crippen molar-refractivity contribution in [2.45, 2.75) is 107 Å². The Kier molecular flexibility index (Phi) is 11.7. The van der Waals surface area contributed by atoms with Crippen LogP contribution in [0.2, 0.25) is 0 Å². The second-order valence-electron chi connectivity index (χ2n) is 12.9. The van der Waals surface area contributed by atoms with Gasteiger partial charge in [-0.3, -0.25) is 9.59 Å². The number of hydrogen-bond donors (Lipinski definition) is 0. The predicted molar refractivity (Wildman–Crippen MR) is 156 cm³/mol. The smallest absolute Gasteiger partial charge is 0.314 e. The number of hydrogen-bond acceptors (Lipinski definition) is 6. The zero-order chi connectivity index (χ0) is 29.4. The van der Waals surface area contributed by atoms with Gasteiger partial charge in [0.25, 0.3) is 0 Å². The molecule has 1 aliphatic carbocycles. The summed E-state index contributed by atoms with van der Waals surface area (Å²) < 4.78 is 23.3. The van der Waals surface area contributed by atoms with E-state index in [1.54, 1.807) is 0 Å². The summed E-state index contributed by atoms with van der Waals surface area (Å²) in [4.78, 5) is 24.8. The molecule has 2 rings (SSSR count).